The van der Waals surface area contributed by atoms with Gasteiger partial charge < -0.3 is 0 Å². The summed E-state index contributed by atoms with van der Waals surface area (Å²) in [6.07, 6.45) is -0.991. The predicted octanol–water partition coefficient (Wildman–Crippen LogP) is 4.18. The van der Waals surface area contributed by atoms with Crippen LogP contribution in [0.4, 0.5) is 13.2 Å². The number of aromatic nitrogens is 4. The second-order valence-corrected chi connectivity index (χ2v) is 5.63. The first-order valence-electron chi connectivity index (χ1n) is 6.64. The second-order valence-electron chi connectivity index (χ2n) is 4.69. The minimum atomic E-state index is -4.31. The van der Waals surface area contributed by atoms with E-state index in [1.165, 1.54) is 23.9 Å². The van der Waals surface area contributed by atoms with E-state index >= 15 is 0 Å². The minimum absolute atomic E-state index is 0.492. The van der Waals surface area contributed by atoms with Crippen LogP contribution in [0.15, 0.2) is 53.9 Å². The maximum atomic E-state index is 12.5. The van der Waals surface area contributed by atoms with Gasteiger partial charge in [-0.2, -0.15) is 13.2 Å². The molecule has 0 atom stereocenters. The second kappa shape index (κ2) is 6.41. The van der Waals surface area contributed by atoms with Crippen LogP contribution in [-0.4, -0.2) is 20.2 Å². The highest BCUT2D eigenvalue weighted by molar-refractivity contribution is 7.98. The quantitative estimate of drug-likeness (QED) is 0.726. The highest BCUT2D eigenvalue weighted by Crippen LogP contribution is 2.30. The van der Waals surface area contributed by atoms with E-state index in [1.807, 2.05) is 12.1 Å². The number of hydrogen-bond donors (Lipinski definition) is 1. The van der Waals surface area contributed by atoms with Gasteiger partial charge in [-0.05, 0) is 29.8 Å². The molecular formula is C15H11F3N4S. The topological polar surface area (TPSA) is 54.5 Å². The van der Waals surface area contributed by atoms with Crippen LogP contribution in [0.3, 0.4) is 0 Å². The summed E-state index contributed by atoms with van der Waals surface area (Å²) in [7, 11) is 0. The Balaban J connectivity index is 1.64. The summed E-state index contributed by atoms with van der Waals surface area (Å²) >= 11 is 1.35. The normalized spacial score (nSPS) is 11.6. The van der Waals surface area contributed by atoms with Gasteiger partial charge in [0.1, 0.15) is 0 Å². The molecule has 2 aromatic heterocycles. The Morgan fingerprint density at radius 2 is 1.70 bits per heavy atom. The number of nitrogens with zero attached hydrogens (tertiary/aromatic N) is 3. The molecule has 0 spiro atoms. The van der Waals surface area contributed by atoms with Crippen LogP contribution in [0, 0.1) is 0 Å². The van der Waals surface area contributed by atoms with Gasteiger partial charge in [0.05, 0.1) is 5.56 Å². The van der Waals surface area contributed by atoms with Crippen LogP contribution in [0.5, 0.6) is 0 Å². The van der Waals surface area contributed by atoms with Crippen molar-refractivity contribution in [3.8, 4) is 11.4 Å². The monoisotopic (exact) mass is 336 g/mol. The molecule has 4 nitrogen and oxygen atoms in total. The Morgan fingerprint density at radius 3 is 2.35 bits per heavy atom. The molecule has 0 saturated heterocycles. The number of halogens is 3. The molecule has 0 aliphatic rings. The molecule has 0 amide bonds. The number of alkyl halides is 3. The summed E-state index contributed by atoms with van der Waals surface area (Å²) in [5, 5.41) is 7.46. The Bertz CT molecular complexity index is 769. The Kier molecular flexibility index (Phi) is 4.33. The van der Waals surface area contributed by atoms with Crippen molar-refractivity contribution in [3.05, 3.63) is 59.9 Å². The predicted molar refractivity (Wildman–Crippen MR) is 80.6 cm³/mol. The zero-order valence-corrected chi connectivity index (χ0v) is 12.5. The molecule has 1 N–H and O–H groups in total. The average Bonchev–Trinajstić information content (AvgIpc) is 3.02. The van der Waals surface area contributed by atoms with Gasteiger partial charge >= 0.3 is 6.18 Å². The number of nitrogens with one attached hydrogen (secondary N) is 1. The maximum Gasteiger partial charge on any atom is 0.416 e. The number of pyridine rings is 1. The van der Waals surface area contributed by atoms with E-state index in [0.717, 1.165) is 23.3 Å². The first-order valence-corrected chi connectivity index (χ1v) is 7.63. The summed E-state index contributed by atoms with van der Waals surface area (Å²) in [5.41, 5.74) is 0.997. The smallest absolute Gasteiger partial charge is 0.265 e. The van der Waals surface area contributed by atoms with Gasteiger partial charge in [-0.3, -0.25) is 10.1 Å². The largest absolute Gasteiger partial charge is 0.416 e. The minimum Gasteiger partial charge on any atom is -0.265 e. The standard InChI is InChI=1S/C15H11F3N4S/c16-15(17,18)12-3-1-10(2-4-12)9-23-14-20-13(21-22-14)11-5-7-19-8-6-11/h1-8H,9H2,(H,20,21,22). The van der Waals surface area contributed by atoms with Crippen LogP contribution in [0.2, 0.25) is 0 Å². The summed E-state index contributed by atoms with van der Waals surface area (Å²) in [4.78, 5) is 8.27. The SMILES string of the molecule is FC(F)(F)c1ccc(CSc2n[nH]c(-c3ccncc3)n2)cc1. The number of hydrogen-bond acceptors (Lipinski definition) is 4. The summed E-state index contributed by atoms with van der Waals surface area (Å²) in [6.45, 7) is 0. The Hall–Kier alpha value is -2.35. The fraction of sp³-hybridized carbons (Fsp3) is 0.133. The maximum absolute atomic E-state index is 12.5. The fourth-order valence-electron chi connectivity index (χ4n) is 1.89. The molecule has 8 heteroatoms. The van der Waals surface area contributed by atoms with Crippen molar-refractivity contribution in [1.82, 2.24) is 20.2 Å². The lowest BCUT2D eigenvalue weighted by Crippen LogP contribution is -2.04. The molecule has 118 valence electrons. The van der Waals surface area contributed by atoms with Crippen molar-refractivity contribution >= 4 is 11.8 Å². The zero-order chi connectivity index (χ0) is 16.3. The molecule has 0 unspecified atom stereocenters. The van der Waals surface area contributed by atoms with E-state index in [4.69, 9.17) is 0 Å². The molecule has 3 rings (SSSR count). The van der Waals surface area contributed by atoms with E-state index in [9.17, 15) is 13.2 Å². The van der Waals surface area contributed by atoms with Gasteiger partial charge in [0, 0.05) is 23.7 Å². The third-order valence-corrected chi connectivity index (χ3v) is 3.99. The molecule has 23 heavy (non-hydrogen) atoms. The molecule has 2 heterocycles. The third-order valence-electron chi connectivity index (χ3n) is 3.07. The van der Waals surface area contributed by atoms with E-state index in [-0.39, 0.29) is 0 Å². The Labute approximate surface area is 134 Å². The highest BCUT2D eigenvalue weighted by Gasteiger charge is 2.29. The van der Waals surface area contributed by atoms with Crippen LogP contribution in [0.25, 0.3) is 11.4 Å². The van der Waals surface area contributed by atoms with Gasteiger partial charge in [0.15, 0.2) is 5.82 Å². The van der Waals surface area contributed by atoms with E-state index in [2.05, 4.69) is 20.2 Å². The van der Waals surface area contributed by atoms with Crippen molar-refractivity contribution < 1.29 is 13.2 Å². The van der Waals surface area contributed by atoms with Crippen LogP contribution >= 0.6 is 11.8 Å². The number of H-pyrrole nitrogens is 1. The van der Waals surface area contributed by atoms with Gasteiger partial charge in [0.2, 0.25) is 5.16 Å². The first-order chi connectivity index (χ1) is 11.0. The molecule has 0 fully saturated rings. The lowest BCUT2D eigenvalue weighted by atomic mass is 10.1. The molecule has 0 aliphatic heterocycles. The van der Waals surface area contributed by atoms with E-state index in [0.29, 0.717) is 16.7 Å². The van der Waals surface area contributed by atoms with Crippen molar-refractivity contribution in [2.75, 3.05) is 0 Å². The molecule has 0 bridgehead atoms. The molecule has 1 aromatic carbocycles. The number of rotatable bonds is 4. The van der Waals surface area contributed by atoms with Gasteiger partial charge in [-0.15, -0.1) is 5.10 Å². The fourth-order valence-corrected chi connectivity index (χ4v) is 2.64. The van der Waals surface area contributed by atoms with Crippen molar-refractivity contribution in [2.45, 2.75) is 17.1 Å². The van der Waals surface area contributed by atoms with Crippen LogP contribution in [-0.2, 0) is 11.9 Å². The molecule has 0 radical (unpaired) electrons. The first kappa shape index (κ1) is 15.5. The third kappa shape index (κ3) is 3.89. The number of benzene rings is 1. The van der Waals surface area contributed by atoms with Crippen LogP contribution < -0.4 is 0 Å². The molecule has 0 saturated carbocycles. The van der Waals surface area contributed by atoms with Crippen molar-refractivity contribution in [1.29, 1.82) is 0 Å². The number of thioether (sulfide) groups is 1. The zero-order valence-electron chi connectivity index (χ0n) is 11.7. The average molecular weight is 336 g/mol. The Morgan fingerprint density at radius 1 is 1.00 bits per heavy atom. The summed E-state index contributed by atoms with van der Waals surface area (Å²) in [6, 6.07) is 8.71. The lowest BCUT2D eigenvalue weighted by Gasteiger charge is -2.06. The van der Waals surface area contributed by atoms with E-state index in [1.54, 1.807) is 12.4 Å². The highest BCUT2D eigenvalue weighted by atomic mass is 32.2. The van der Waals surface area contributed by atoms with Gasteiger partial charge in [-0.1, -0.05) is 23.9 Å². The van der Waals surface area contributed by atoms with Crippen molar-refractivity contribution in [3.63, 3.8) is 0 Å². The van der Waals surface area contributed by atoms with Crippen LogP contribution in [0.1, 0.15) is 11.1 Å². The van der Waals surface area contributed by atoms with Gasteiger partial charge in [-0.25, -0.2) is 4.98 Å². The van der Waals surface area contributed by atoms with Gasteiger partial charge in [0.25, 0.3) is 0 Å². The number of aromatic amines is 1. The van der Waals surface area contributed by atoms with Crippen molar-refractivity contribution in [2.24, 2.45) is 0 Å². The summed E-state index contributed by atoms with van der Waals surface area (Å²) < 4.78 is 37.5. The van der Waals surface area contributed by atoms with E-state index < -0.39 is 11.7 Å². The lowest BCUT2D eigenvalue weighted by molar-refractivity contribution is -0.137. The summed E-state index contributed by atoms with van der Waals surface area (Å²) in [5.74, 6) is 1.12. The molecule has 0 aliphatic carbocycles. The molecular weight excluding hydrogens is 325 g/mol. The molecule has 3 aromatic rings.